The minimum atomic E-state index is 0.580. The zero-order valence-corrected chi connectivity index (χ0v) is 14.1. The second-order valence-electron chi connectivity index (χ2n) is 5.29. The number of aryl methyl sites for hydroxylation is 2. The largest absolute Gasteiger partial charge is 0.383 e. The van der Waals surface area contributed by atoms with Crippen molar-refractivity contribution in [3.8, 4) is 5.82 Å². The van der Waals surface area contributed by atoms with E-state index < -0.39 is 0 Å². The third kappa shape index (κ3) is 3.28. The van der Waals surface area contributed by atoms with Gasteiger partial charge in [-0.1, -0.05) is 11.6 Å². The van der Waals surface area contributed by atoms with Gasteiger partial charge in [0.15, 0.2) is 11.6 Å². The van der Waals surface area contributed by atoms with Crippen molar-refractivity contribution in [3.05, 3.63) is 40.7 Å². The number of fused-ring (bicyclic) bond motifs is 1. The van der Waals surface area contributed by atoms with E-state index in [-0.39, 0.29) is 0 Å². The van der Waals surface area contributed by atoms with Gasteiger partial charge >= 0.3 is 0 Å². The van der Waals surface area contributed by atoms with Crippen LogP contribution in [0.15, 0.2) is 24.3 Å². The third-order valence-electron chi connectivity index (χ3n) is 3.42. The Balaban J connectivity index is 2.14. The number of anilines is 1. The van der Waals surface area contributed by atoms with Gasteiger partial charge in [0, 0.05) is 24.4 Å². The fourth-order valence-electron chi connectivity index (χ4n) is 2.40. The monoisotopic (exact) mass is 331 g/mol. The van der Waals surface area contributed by atoms with E-state index in [0.717, 1.165) is 22.4 Å². The lowest BCUT2D eigenvalue weighted by Crippen LogP contribution is -2.14. The molecule has 2 aromatic heterocycles. The van der Waals surface area contributed by atoms with E-state index in [1.165, 1.54) is 0 Å². The number of ether oxygens (including phenoxy) is 1. The summed E-state index contributed by atoms with van der Waals surface area (Å²) in [6.07, 6.45) is 0. The van der Waals surface area contributed by atoms with E-state index >= 15 is 0 Å². The molecule has 7 heteroatoms. The summed E-state index contributed by atoms with van der Waals surface area (Å²) in [7, 11) is 1.66. The van der Waals surface area contributed by atoms with Gasteiger partial charge in [-0.05, 0) is 38.1 Å². The quantitative estimate of drug-likeness (QED) is 0.728. The SMILES string of the molecule is COCCNc1nc2ccc(Cl)cc2nc1-n1nc(C)cc1C. The van der Waals surface area contributed by atoms with Crippen LogP contribution >= 0.6 is 11.6 Å². The molecule has 2 heterocycles. The van der Waals surface area contributed by atoms with Crippen LogP contribution in [0.1, 0.15) is 11.4 Å². The van der Waals surface area contributed by atoms with E-state index in [4.69, 9.17) is 21.3 Å². The van der Waals surface area contributed by atoms with Crippen LogP contribution in [0.3, 0.4) is 0 Å². The molecule has 0 aliphatic carbocycles. The lowest BCUT2D eigenvalue weighted by molar-refractivity contribution is 0.210. The summed E-state index contributed by atoms with van der Waals surface area (Å²) in [6.45, 7) is 5.16. The molecule has 0 aliphatic rings. The van der Waals surface area contributed by atoms with Gasteiger partial charge in [-0.3, -0.25) is 0 Å². The Morgan fingerprint density at radius 3 is 2.70 bits per heavy atom. The molecule has 0 atom stereocenters. The summed E-state index contributed by atoms with van der Waals surface area (Å²) in [5, 5.41) is 8.40. The van der Waals surface area contributed by atoms with Crippen molar-refractivity contribution >= 4 is 28.5 Å². The van der Waals surface area contributed by atoms with E-state index in [0.29, 0.717) is 29.8 Å². The first-order valence-electron chi connectivity index (χ1n) is 7.32. The summed E-state index contributed by atoms with van der Waals surface area (Å²) < 4.78 is 6.88. The van der Waals surface area contributed by atoms with Gasteiger partial charge in [0.05, 0.1) is 23.3 Å². The van der Waals surface area contributed by atoms with Gasteiger partial charge in [-0.2, -0.15) is 5.10 Å². The Kier molecular flexibility index (Phi) is 4.45. The van der Waals surface area contributed by atoms with Crippen molar-refractivity contribution in [2.75, 3.05) is 25.6 Å². The van der Waals surface area contributed by atoms with Gasteiger partial charge in [0.2, 0.25) is 0 Å². The van der Waals surface area contributed by atoms with Crippen molar-refractivity contribution in [3.63, 3.8) is 0 Å². The smallest absolute Gasteiger partial charge is 0.197 e. The van der Waals surface area contributed by atoms with Crippen LogP contribution in [0.25, 0.3) is 16.9 Å². The van der Waals surface area contributed by atoms with Crippen molar-refractivity contribution in [1.29, 1.82) is 0 Å². The molecule has 0 spiro atoms. The maximum Gasteiger partial charge on any atom is 0.197 e. The molecule has 1 aromatic carbocycles. The highest BCUT2D eigenvalue weighted by atomic mass is 35.5. The molecule has 0 saturated heterocycles. The lowest BCUT2D eigenvalue weighted by atomic mass is 10.3. The summed E-state index contributed by atoms with van der Waals surface area (Å²) in [5.74, 6) is 1.32. The summed E-state index contributed by atoms with van der Waals surface area (Å²) >= 11 is 6.07. The molecule has 0 saturated carbocycles. The Labute approximate surface area is 139 Å². The molecular weight excluding hydrogens is 314 g/mol. The van der Waals surface area contributed by atoms with Crippen molar-refractivity contribution in [2.45, 2.75) is 13.8 Å². The second-order valence-corrected chi connectivity index (χ2v) is 5.72. The number of nitrogens with one attached hydrogen (secondary N) is 1. The third-order valence-corrected chi connectivity index (χ3v) is 3.65. The number of hydrogen-bond acceptors (Lipinski definition) is 5. The number of benzene rings is 1. The Bertz CT molecular complexity index is 846. The zero-order valence-electron chi connectivity index (χ0n) is 13.3. The van der Waals surface area contributed by atoms with E-state index in [1.807, 2.05) is 26.0 Å². The first kappa shape index (κ1) is 15.7. The number of halogens is 1. The maximum absolute atomic E-state index is 6.07. The minimum absolute atomic E-state index is 0.580. The predicted molar refractivity (Wildman–Crippen MR) is 91.5 cm³/mol. The molecule has 0 fully saturated rings. The lowest BCUT2D eigenvalue weighted by Gasteiger charge is -2.12. The van der Waals surface area contributed by atoms with E-state index in [1.54, 1.807) is 23.9 Å². The van der Waals surface area contributed by atoms with Gasteiger partial charge in [0.25, 0.3) is 0 Å². The number of nitrogens with zero attached hydrogens (tertiary/aromatic N) is 4. The molecule has 0 unspecified atom stereocenters. The van der Waals surface area contributed by atoms with Crippen LogP contribution in [0.5, 0.6) is 0 Å². The van der Waals surface area contributed by atoms with Gasteiger partial charge in [-0.25, -0.2) is 14.6 Å². The molecule has 0 aliphatic heterocycles. The highest BCUT2D eigenvalue weighted by Gasteiger charge is 2.14. The van der Waals surface area contributed by atoms with E-state index in [2.05, 4.69) is 15.4 Å². The molecule has 0 amide bonds. The maximum atomic E-state index is 6.07. The van der Waals surface area contributed by atoms with Crippen molar-refractivity contribution in [1.82, 2.24) is 19.7 Å². The first-order chi connectivity index (χ1) is 11.1. The molecule has 23 heavy (non-hydrogen) atoms. The number of rotatable bonds is 5. The molecule has 0 radical (unpaired) electrons. The van der Waals surface area contributed by atoms with Crippen LogP contribution in [0.4, 0.5) is 5.82 Å². The zero-order chi connectivity index (χ0) is 16.4. The molecule has 1 N–H and O–H groups in total. The first-order valence-corrected chi connectivity index (χ1v) is 7.70. The van der Waals surface area contributed by atoms with Crippen LogP contribution in [0.2, 0.25) is 5.02 Å². The van der Waals surface area contributed by atoms with Gasteiger partial charge in [-0.15, -0.1) is 0 Å². The fourth-order valence-corrected chi connectivity index (χ4v) is 2.57. The Hall–Kier alpha value is -2.18. The topological polar surface area (TPSA) is 64.9 Å². The molecular formula is C16H18ClN5O. The fraction of sp³-hybridized carbons (Fsp3) is 0.312. The molecule has 6 nitrogen and oxygen atoms in total. The van der Waals surface area contributed by atoms with Crippen LogP contribution in [-0.4, -0.2) is 40.0 Å². The Morgan fingerprint density at radius 2 is 2.00 bits per heavy atom. The number of hydrogen-bond donors (Lipinski definition) is 1. The average molecular weight is 332 g/mol. The summed E-state index contributed by atoms with van der Waals surface area (Å²) in [5.41, 5.74) is 3.43. The van der Waals surface area contributed by atoms with Crippen LogP contribution in [0, 0.1) is 13.8 Å². The standard InChI is InChI=1S/C16H18ClN5O/c1-10-8-11(2)22(21-10)16-15(18-6-7-23-3)19-13-5-4-12(17)9-14(13)20-16/h4-5,8-9H,6-7H2,1-3H3,(H,18,19). The molecule has 120 valence electrons. The number of aromatic nitrogens is 4. The second kappa shape index (κ2) is 6.52. The molecule has 0 bridgehead atoms. The highest BCUT2D eigenvalue weighted by molar-refractivity contribution is 6.31. The van der Waals surface area contributed by atoms with Crippen molar-refractivity contribution < 1.29 is 4.74 Å². The minimum Gasteiger partial charge on any atom is -0.383 e. The van der Waals surface area contributed by atoms with Crippen LogP contribution in [-0.2, 0) is 4.74 Å². The van der Waals surface area contributed by atoms with Gasteiger partial charge in [0.1, 0.15) is 0 Å². The van der Waals surface area contributed by atoms with Gasteiger partial charge < -0.3 is 10.1 Å². The number of methoxy groups -OCH3 is 1. The average Bonchev–Trinajstić information content (AvgIpc) is 2.85. The highest BCUT2D eigenvalue weighted by Crippen LogP contribution is 2.23. The normalized spacial score (nSPS) is 11.1. The molecule has 3 aromatic rings. The Morgan fingerprint density at radius 1 is 1.17 bits per heavy atom. The summed E-state index contributed by atoms with van der Waals surface area (Å²) in [4.78, 5) is 9.38. The predicted octanol–water partition coefficient (Wildman–Crippen LogP) is 3.14. The van der Waals surface area contributed by atoms with Crippen molar-refractivity contribution in [2.24, 2.45) is 0 Å². The molecule has 3 rings (SSSR count). The van der Waals surface area contributed by atoms with Crippen LogP contribution < -0.4 is 5.32 Å². The van der Waals surface area contributed by atoms with E-state index in [9.17, 15) is 0 Å². The summed E-state index contributed by atoms with van der Waals surface area (Å²) in [6, 6.07) is 7.47.